The lowest BCUT2D eigenvalue weighted by Gasteiger charge is -2.34. The van der Waals surface area contributed by atoms with Crippen LogP contribution in [0.15, 0.2) is 22.9 Å². The standard InChI is InChI=1S/C15H16N6O2/c1-11-18-14(19-23-11)10-20-4-6-21(7-5-20)15(22)12-2-3-13(8-16)17-9-12/h2-3,9H,4-7,10H2,1H3. The van der Waals surface area contributed by atoms with Crippen molar-refractivity contribution < 1.29 is 9.32 Å². The zero-order chi connectivity index (χ0) is 16.2. The summed E-state index contributed by atoms with van der Waals surface area (Å²) in [4.78, 5) is 24.5. The minimum Gasteiger partial charge on any atom is -0.340 e. The fourth-order valence-electron chi connectivity index (χ4n) is 2.48. The first-order valence-corrected chi connectivity index (χ1v) is 7.32. The SMILES string of the molecule is Cc1nc(CN2CCN(C(=O)c3ccc(C#N)nc3)CC2)no1. The van der Waals surface area contributed by atoms with Crippen LogP contribution in [0.4, 0.5) is 0 Å². The number of hydrogen-bond acceptors (Lipinski definition) is 7. The van der Waals surface area contributed by atoms with Gasteiger partial charge in [0.2, 0.25) is 5.89 Å². The van der Waals surface area contributed by atoms with Gasteiger partial charge in [-0.1, -0.05) is 5.16 Å². The van der Waals surface area contributed by atoms with Crippen molar-refractivity contribution in [2.45, 2.75) is 13.5 Å². The van der Waals surface area contributed by atoms with Crippen LogP contribution in [0.3, 0.4) is 0 Å². The van der Waals surface area contributed by atoms with Crippen LogP contribution in [0.1, 0.15) is 27.8 Å². The molecule has 1 aliphatic rings. The van der Waals surface area contributed by atoms with Crippen LogP contribution in [0.2, 0.25) is 0 Å². The Labute approximate surface area is 133 Å². The molecule has 0 N–H and O–H groups in total. The first kappa shape index (κ1) is 15.1. The molecule has 1 saturated heterocycles. The molecule has 2 aromatic heterocycles. The van der Waals surface area contributed by atoms with E-state index in [1.807, 2.05) is 6.07 Å². The molecule has 0 saturated carbocycles. The van der Waals surface area contributed by atoms with Gasteiger partial charge in [0, 0.05) is 39.3 Å². The van der Waals surface area contributed by atoms with Gasteiger partial charge in [-0.25, -0.2) is 4.98 Å². The van der Waals surface area contributed by atoms with Gasteiger partial charge in [0.15, 0.2) is 5.82 Å². The predicted molar refractivity (Wildman–Crippen MR) is 79.2 cm³/mol. The maximum absolute atomic E-state index is 12.4. The lowest BCUT2D eigenvalue weighted by Crippen LogP contribution is -2.48. The third-order valence-corrected chi connectivity index (χ3v) is 3.72. The molecular weight excluding hydrogens is 296 g/mol. The summed E-state index contributed by atoms with van der Waals surface area (Å²) in [6.07, 6.45) is 1.45. The van der Waals surface area contributed by atoms with E-state index in [1.54, 1.807) is 24.0 Å². The summed E-state index contributed by atoms with van der Waals surface area (Å²) >= 11 is 0. The Bertz CT molecular complexity index is 725. The molecule has 8 heteroatoms. The second kappa shape index (κ2) is 6.54. The first-order valence-electron chi connectivity index (χ1n) is 7.32. The fraction of sp³-hybridized carbons (Fsp3) is 0.400. The average Bonchev–Trinajstić information content (AvgIpc) is 3.00. The lowest BCUT2D eigenvalue weighted by molar-refractivity contribution is 0.0624. The van der Waals surface area contributed by atoms with Gasteiger partial charge in [0.1, 0.15) is 11.8 Å². The number of carbonyl (C=O) groups excluding carboxylic acids is 1. The molecule has 0 aromatic carbocycles. The van der Waals surface area contributed by atoms with Crippen molar-refractivity contribution in [2.75, 3.05) is 26.2 Å². The number of nitrogens with zero attached hydrogens (tertiary/aromatic N) is 6. The van der Waals surface area contributed by atoms with Gasteiger partial charge in [0.25, 0.3) is 5.91 Å². The predicted octanol–water partition coefficient (Wildman–Crippen LogP) is 0.603. The molecule has 0 aliphatic carbocycles. The van der Waals surface area contributed by atoms with E-state index in [4.69, 9.17) is 9.78 Å². The highest BCUT2D eigenvalue weighted by molar-refractivity contribution is 5.94. The van der Waals surface area contributed by atoms with Crippen LogP contribution >= 0.6 is 0 Å². The monoisotopic (exact) mass is 312 g/mol. The van der Waals surface area contributed by atoms with Crippen LogP contribution < -0.4 is 0 Å². The number of pyridine rings is 1. The molecule has 1 amide bonds. The first-order chi connectivity index (χ1) is 11.2. The molecule has 118 valence electrons. The van der Waals surface area contributed by atoms with Crippen LogP contribution in [-0.2, 0) is 6.54 Å². The van der Waals surface area contributed by atoms with Gasteiger partial charge in [0.05, 0.1) is 12.1 Å². The maximum Gasteiger partial charge on any atom is 0.255 e. The quantitative estimate of drug-likeness (QED) is 0.818. The second-order valence-corrected chi connectivity index (χ2v) is 5.34. The van der Waals surface area contributed by atoms with E-state index in [0.29, 0.717) is 42.6 Å². The van der Waals surface area contributed by atoms with Crippen molar-refractivity contribution in [3.05, 3.63) is 41.3 Å². The Balaban J connectivity index is 1.55. The van der Waals surface area contributed by atoms with Gasteiger partial charge >= 0.3 is 0 Å². The fourth-order valence-corrected chi connectivity index (χ4v) is 2.48. The number of piperazine rings is 1. The molecule has 0 spiro atoms. The number of hydrogen-bond donors (Lipinski definition) is 0. The largest absolute Gasteiger partial charge is 0.340 e. The molecule has 0 bridgehead atoms. The maximum atomic E-state index is 12.4. The topological polar surface area (TPSA) is 99.2 Å². The Morgan fingerprint density at radius 3 is 2.70 bits per heavy atom. The molecule has 0 radical (unpaired) electrons. The summed E-state index contributed by atoms with van der Waals surface area (Å²) < 4.78 is 4.96. The minimum absolute atomic E-state index is 0.0583. The summed E-state index contributed by atoms with van der Waals surface area (Å²) in [7, 11) is 0. The molecule has 3 rings (SSSR count). The number of amides is 1. The smallest absolute Gasteiger partial charge is 0.255 e. The molecular formula is C15H16N6O2. The van der Waals surface area contributed by atoms with Crippen LogP contribution in [0.25, 0.3) is 0 Å². The highest BCUT2D eigenvalue weighted by Crippen LogP contribution is 2.10. The Hall–Kier alpha value is -2.79. The summed E-state index contributed by atoms with van der Waals surface area (Å²) in [5, 5.41) is 12.6. The zero-order valence-electron chi connectivity index (χ0n) is 12.8. The Kier molecular flexibility index (Phi) is 4.30. The van der Waals surface area contributed by atoms with Gasteiger partial charge in [-0.05, 0) is 12.1 Å². The van der Waals surface area contributed by atoms with Crippen molar-refractivity contribution in [1.82, 2.24) is 24.9 Å². The van der Waals surface area contributed by atoms with E-state index in [0.717, 1.165) is 13.1 Å². The number of rotatable bonds is 3. The van der Waals surface area contributed by atoms with Gasteiger partial charge < -0.3 is 9.42 Å². The molecule has 0 unspecified atom stereocenters. The molecule has 23 heavy (non-hydrogen) atoms. The van der Waals surface area contributed by atoms with E-state index in [9.17, 15) is 4.79 Å². The summed E-state index contributed by atoms with van der Waals surface area (Å²) in [5.74, 6) is 1.16. The third kappa shape index (κ3) is 3.52. The van der Waals surface area contributed by atoms with Gasteiger partial charge in [-0.2, -0.15) is 10.2 Å². The number of aryl methyl sites for hydroxylation is 1. The van der Waals surface area contributed by atoms with Crippen molar-refractivity contribution in [3.63, 3.8) is 0 Å². The zero-order valence-corrected chi connectivity index (χ0v) is 12.8. The van der Waals surface area contributed by atoms with Crippen LogP contribution in [0, 0.1) is 18.3 Å². The second-order valence-electron chi connectivity index (χ2n) is 5.34. The van der Waals surface area contributed by atoms with Crippen molar-refractivity contribution in [3.8, 4) is 6.07 Å². The van der Waals surface area contributed by atoms with Crippen molar-refractivity contribution in [1.29, 1.82) is 5.26 Å². The van der Waals surface area contributed by atoms with E-state index in [1.165, 1.54) is 6.20 Å². The van der Waals surface area contributed by atoms with Gasteiger partial charge in [-0.3, -0.25) is 9.69 Å². The molecule has 2 aromatic rings. The Morgan fingerprint density at radius 2 is 2.13 bits per heavy atom. The molecule has 3 heterocycles. The lowest BCUT2D eigenvalue weighted by atomic mass is 10.2. The van der Waals surface area contributed by atoms with E-state index < -0.39 is 0 Å². The van der Waals surface area contributed by atoms with E-state index in [-0.39, 0.29) is 5.91 Å². The van der Waals surface area contributed by atoms with Crippen LogP contribution in [0.5, 0.6) is 0 Å². The van der Waals surface area contributed by atoms with Crippen molar-refractivity contribution in [2.24, 2.45) is 0 Å². The number of nitriles is 1. The average molecular weight is 312 g/mol. The highest BCUT2D eigenvalue weighted by atomic mass is 16.5. The minimum atomic E-state index is -0.0583. The highest BCUT2D eigenvalue weighted by Gasteiger charge is 2.23. The summed E-state index contributed by atoms with van der Waals surface area (Å²) in [6.45, 7) is 5.16. The van der Waals surface area contributed by atoms with Crippen LogP contribution in [-0.4, -0.2) is 57.0 Å². The van der Waals surface area contributed by atoms with E-state index in [2.05, 4.69) is 20.0 Å². The number of aromatic nitrogens is 3. The van der Waals surface area contributed by atoms with E-state index >= 15 is 0 Å². The van der Waals surface area contributed by atoms with Gasteiger partial charge in [-0.15, -0.1) is 0 Å². The molecule has 0 atom stereocenters. The normalized spacial score (nSPS) is 15.4. The third-order valence-electron chi connectivity index (χ3n) is 3.72. The summed E-state index contributed by atoms with van der Waals surface area (Å²) in [5.41, 5.74) is 0.813. The molecule has 1 fully saturated rings. The van der Waals surface area contributed by atoms with Crippen molar-refractivity contribution >= 4 is 5.91 Å². The molecule has 1 aliphatic heterocycles. The number of carbonyl (C=O) groups is 1. The summed E-state index contributed by atoms with van der Waals surface area (Å²) in [6, 6.07) is 5.14. The Morgan fingerprint density at radius 1 is 1.35 bits per heavy atom. The molecule has 8 nitrogen and oxygen atoms in total.